The third-order valence-corrected chi connectivity index (χ3v) is 5.15. The second kappa shape index (κ2) is 5.73. The van der Waals surface area contributed by atoms with Crippen molar-refractivity contribution in [2.75, 3.05) is 12.0 Å². The zero-order chi connectivity index (χ0) is 15.8. The topological polar surface area (TPSA) is 29.5 Å². The lowest BCUT2D eigenvalue weighted by atomic mass is 9.81. The second-order valence-corrected chi connectivity index (χ2v) is 6.44. The van der Waals surface area contributed by atoms with Gasteiger partial charge in [0.25, 0.3) is 0 Å². The van der Waals surface area contributed by atoms with Crippen molar-refractivity contribution in [3.05, 3.63) is 59.7 Å². The smallest absolute Gasteiger partial charge is 0.142 e. The van der Waals surface area contributed by atoms with E-state index in [0.717, 1.165) is 31.6 Å². The summed E-state index contributed by atoms with van der Waals surface area (Å²) in [5.41, 5.74) is 3.70. The van der Waals surface area contributed by atoms with E-state index < -0.39 is 0 Å². The van der Waals surface area contributed by atoms with Crippen LogP contribution in [0, 0.1) is 0 Å². The predicted molar refractivity (Wildman–Crippen MR) is 91.0 cm³/mol. The van der Waals surface area contributed by atoms with Gasteiger partial charge in [-0.25, -0.2) is 0 Å². The molecule has 2 atom stereocenters. The first kappa shape index (κ1) is 14.3. The van der Waals surface area contributed by atoms with Crippen molar-refractivity contribution in [2.24, 2.45) is 0 Å². The van der Waals surface area contributed by atoms with Crippen LogP contribution < -0.4 is 9.64 Å². The third-order valence-electron chi connectivity index (χ3n) is 5.15. The Labute approximate surface area is 136 Å². The molecule has 2 aromatic rings. The van der Waals surface area contributed by atoms with Crippen LogP contribution in [0.5, 0.6) is 5.75 Å². The molecular weight excluding hydrogens is 286 g/mol. The maximum absolute atomic E-state index is 12.5. The molecule has 0 aromatic heterocycles. The summed E-state index contributed by atoms with van der Waals surface area (Å²) in [5, 5.41) is 0. The summed E-state index contributed by atoms with van der Waals surface area (Å²) in [6.07, 6.45) is 2.83. The van der Waals surface area contributed by atoms with Crippen molar-refractivity contribution in [2.45, 2.75) is 37.8 Å². The fraction of sp³-hybridized carbons (Fsp3) is 0.350. The van der Waals surface area contributed by atoms with E-state index >= 15 is 0 Å². The van der Waals surface area contributed by atoms with E-state index in [2.05, 4.69) is 41.3 Å². The normalized spacial score (nSPS) is 22.7. The van der Waals surface area contributed by atoms with Gasteiger partial charge in [-0.05, 0) is 42.2 Å². The molecule has 1 aliphatic heterocycles. The molecule has 1 fully saturated rings. The molecule has 0 saturated heterocycles. The van der Waals surface area contributed by atoms with Gasteiger partial charge in [-0.1, -0.05) is 30.3 Å². The number of hydrogen-bond donors (Lipinski definition) is 0. The fourth-order valence-corrected chi connectivity index (χ4v) is 4.06. The predicted octanol–water partition coefficient (Wildman–Crippen LogP) is 3.92. The van der Waals surface area contributed by atoms with Crippen LogP contribution in [0.15, 0.2) is 48.5 Å². The number of methoxy groups -OCH3 is 1. The molecule has 1 saturated carbocycles. The van der Waals surface area contributed by atoms with E-state index in [1.807, 2.05) is 12.1 Å². The van der Waals surface area contributed by atoms with Crippen molar-refractivity contribution in [3.63, 3.8) is 0 Å². The minimum absolute atomic E-state index is 0.0678. The standard InChI is InChI=1S/C20H21NO2/c1-23-15-11-9-14(10-12-15)13-21-17-6-3-2-5-16(17)20-18(21)7-4-8-19(20)22/h2-3,5-6,9-12,18,20H,4,7-8,13H2,1H3/t18-,20+/m1/s1. The average molecular weight is 307 g/mol. The highest BCUT2D eigenvalue weighted by atomic mass is 16.5. The molecule has 0 radical (unpaired) electrons. The summed E-state index contributed by atoms with van der Waals surface area (Å²) in [5.74, 6) is 1.35. The van der Waals surface area contributed by atoms with E-state index in [4.69, 9.17) is 4.74 Å². The van der Waals surface area contributed by atoms with Crippen LogP contribution in [-0.2, 0) is 11.3 Å². The highest BCUT2D eigenvalue weighted by Gasteiger charge is 2.43. The second-order valence-electron chi connectivity index (χ2n) is 6.44. The zero-order valence-electron chi connectivity index (χ0n) is 13.4. The Balaban J connectivity index is 1.68. The minimum Gasteiger partial charge on any atom is -0.497 e. The van der Waals surface area contributed by atoms with Crippen LogP contribution in [0.4, 0.5) is 5.69 Å². The van der Waals surface area contributed by atoms with E-state index in [0.29, 0.717) is 11.8 Å². The zero-order valence-corrected chi connectivity index (χ0v) is 13.4. The Morgan fingerprint density at radius 2 is 1.91 bits per heavy atom. The van der Waals surface area contributed by atoms with Gasteiger partial charge in [-0.3, -0.25) is 4.79 Å². The Morgan fingerprint density at radius 1 is 1.13 bits per heavy atom. The van der Waals surface area contributed by atoms with Crippen molar-refractivity contribution in [1.82, 2.24) is 0 Å². The van der Waals surface area contributed by atoms with Gasteiger partial charge in [0, 0.05) is 24.7 Å². The lowest BCUT2D eigenvalue weighted by Crippen LogP contribution is -2.39. The molecule has 0 amide bonds. The summed E-state index contributed by atoms with van der Waals surface area (Å²) >= 11 is 0. The first-order chi connectivity index (χ1) is 11.3. The Bertz CT molecular complexity index is 723. The van der Waals surface area contributed by atoms with Crippen molar-refractivity contribution in [3.8, 4) is 5.75 Å². The molecule has 1 aliphatic carbocycles. The molecule has 0 N–H and O–H groups in total. The molecule has 0 bridgehead atoms. The number of rotatable bonds is 3. The minimum atomic E-state index is 0.0678. The summed E-state index contributed by atoms with van der Waals surface area (Å²) in [6.45, 7) is 0.843. The number of hydrogen-bond acceptors (Lipinski definition) is 3. The third kappa shape index (κ3) is 2.40. The molecule has 2 aromatic carbocycles. The monoisotopic (exact) mass is 307 g/mol. The van der Waals surface area contributed by atoms with Gasteiger partial charge in [-0.2, -0.15) is 0 Å². The van der Waals surface area contributed by atoms with Crippen LogP contribution >= 0.6 is 0 Å². The summed E-state index contributed by atoms with van der Waals surface area (Å²) in [7, 11) is 1.68. The number of ketones is 1. The Hall–Kier alpha value is -2.29. The van der Waals surface area contributed by atoms with Gasteiger partial charge in [0.2, 0.25) is 0 Å². The van der Waals surface area contributed by atoms with Crippen molar-refractivity contribution < 1.29 is 9.53 Å². The van der Waals surface area contributed by atoms with Crippen LogP contribution in [0.3, 0.4) is 0 Å². The SMILES string of the molecule is COc1ccc(CN2c3ccccc3[C@@H]3C(=O)CCC[C@H]32)cc1. The highest BCUT2D eigenvalue weighted by Crippen LogP contribution is 2.46. The Kier molecular flexibility index (Phi) is 3.56. The van der Waals surface area contributed by atoms with Gasteiger partial charge in [0.1, 0.15) is 11.5 Å². The molecule has 0 spiro atoms. The fourth-order valence-electron chi connectivity index (χ4n) is 4.06. The molecular formula is C20H21NO2. The van der Waals surface area contributed by atoms with Gasteiger partial charge in [0.05, 0.1) is 13.0 Å². The van der Waals surface area contributed by atoms with E-state index in [1.54, 1.807) is 7.11 Å². The van der Waals surface area contributed by atoms with Crippen molar-refractivity contribution in [1.29, 1.82) is 0 Å². The molecule has 0 unspecified atom stereocenters. The molecule has 2 aliphatic rings. The number of nitrogens with zero attached hydrogens (tertiary/aromatic N) is 1. The molecule has 118 valence electrons. The van der Waals surface area contributed by atoms with Gasteiger partial charge >= 0.3 is 0 Å². The number of Topliss-reactive ketones (excluding diaryl/α,β-unsaturated/α-hetero) is 1. The first-order valence-corrected chi connectivity index (χ1v) is 8.29. The summed E-state index contributed by atoms with van der Waals surface area (Å²) < 4.78 is 5.24. The van der Waals surface area contributed by atoms with Crippen LogP contribution in [0.25, 0.3) is 0 Å². The van der Waals surface area contributed by atoms with Gasteiger partial charge in [-0.15, -0.1) is 0 Å². The van der Waals surface area contributed by atoms with Gasteiger partial charge in [0.15, 0.2) is 0 Å². The molecule has 4 rings (SSSR count). The number of anilines is 1. The Morgan fingerprint density at radius 3 is 2.70 bits per heavy atom. The largest absolute Gasteiger partial charge is 0.497 e. The average Bonchev–Trinajstić information content (AvgIpc) is 2.91. The van der Waals surface area contributed by atoms with E-state index in [1.165, 1.54) is 16.8 Å². The number of para-hydroxylation sites is 1. The lowest BCUT2D eigenvalue weighted by Gasteiger charge is -2.33. The van der Waals surface area contributed by atoms with Gasteiger partial charge < -0.3 is 9.64 Å². The first-order valence-electron chi connectivity index (χ1n) is 8.29. The van der Waals surface area contributed by atoms with E-state index in [9.17, 15) is 4.79 Å². The number of fused-ring (bicyclic) bond motifs is 3. The van der Waals surface area contributed by atoms with Crippen LogP contribution in [0.2, 0.25) is 0 Å². The number of carbonyl (C=O) groups excluding carboxylic acids is 1. The number of benzene rings is 2. The van der Waals surface area contributed by atoms with Crippen molar-refractivity contribution >= 4 is 11.5 Å². The molecule has 1 heterocycles. The van der Waals surface area contributed by atoms with Crippen LogP contribution in [-0.4, -0.2) is 18.9 Å². The maximum Gasteiger partial charge on any atom is 0.142 e. The number of carbonyl (C=O) groups is 1. The lowest BCUT2D eigenvalue weighted by molar-refractivity contribution is -0.122. The highest BCUT2D eigenvalue weighted by molar-refractivity contribution is 5.92. The summed E-state index contributed by atoms with van der Waals surface area (Å²) in [4.78, 5) is 14.9. The number of ether oxygens (including phenoxy) is 1. The van der Waals surface area contributed by atoms with Crippen LogP contribution in [0.1, 0.15) is 36.3 Å². The molecule has 3 nitrogen and oxygen atoms in total. The quantitative estimate of drug-likeness (QED) is 0.861. The molecule has 23 heavy (non-hydrogen) atoms. The van der Waals surface area contributed by atoms with E-state index in [-0.39, 0.29) is 5.92 Å². The summed E-state index contributed by atoms with van der Waals surface area (Å²) in [6, 6.07) is 16.9. The molecule has 3 heteroatoms. The maximum atomic E-state index is 12.5.